The van der Waals surface area contributed by atoms with Crippen LogP contribution in [0.25, 0.3) is 12.2 Å². The molecule has 254 valence electrons. The minimum atomic E-state index is -0.607. The summed E-state index contributed by atoms with van der Waals surface area (Å²) in [6, 6.07) is 7.80. The van der Waals surface area contributed by atoms with Crippen LogP contribution in [0, 0.1) is 56.7 Å². The van der Waals surface area contributed by atoms with Crippen LogP contribution in [0.1, 0.15) is 104 Å². The molecule has 0 bridgehead atoms. The molecule has 2 aromatic heterocycles. The Morgan fingerprint density at radius 3 is 2.21 bits per heavy atom. The fourth-order valence-electron chi connectivity index (χ4n) is 12.9. The first-order valence-corrected chi connectivity index (χ1v) is 18.2. The number of Topliss-reactive ketones (excluding diaryl/α,β-unsaturated/α-hetero) is 1. The van der Waals surface area contributed by atoms with Crippen molar-refractivity contribution < 1.29 is 19.1 Å². The summed E-state index contributed by atoms with van der Waals surface area (Å²) in [5.74, 6) is 1.03. The van der Waals surface area contributed by atoms with Gasteiger partial charge in [-0.15, -0.1) is 0 Å². The molecule has 5 aliphatic rings. The summed E-state index contributed by atoms with van der Waals surface area (Å²) in [5.41, 5.74) is 1.69. The van der Waals surface area contributed by atoms with E-state index in [1.54, 1.807) is 24.7 Å². The molecule has 0 spiro atoms. The number of esters is 1. The average molecular weight is 649 g/mol. The summed E-state index contributed by atoms with van der Waals surface area (Å²) in [4.78, 5) is 50.5. The third kappa shape index (κ3) is 4.67. The molecule has 7 rings (SSSR count). The van der Waals surface area contributed by atoms with Crippen molar-refractivity contribution in [1.82, 2.24) is 9.97 Å². The number of pyridine rings is 2. The SMILES string of the molecule is COC(=O)[C@]12CC[C@@H](C(=O)/C=C/c3cccnc3)[C@@H]1[C@H]1CC[C@@H]3[C@@]4(C)C/C(=C/c5cccnc5)C(=O)C(C)(C)[C@@H]4CC[C@@]3(C)[C@]1(C)CC2. The molecule has 6 nitrogen and oxygen atoms in total. The van der Waals surface area contributed by atoms with Crippen molar-refractivity contribution in [3.8, 4) is 0 Å². The van der Waals surface area contributed by atoms with Gasteiger partial charge in [-0.25, -0.2) is 0 Å². The predicted molar refractivity (Wildman–Crippen MR) is 187 cm³/mol. The number of ether oxygens (including phenoxy) is 1. The van der Waals surface area contributed by atoms with Gasteiger partial charge in [0.25, 0.3) is 0 Å². The van der Waals surface area contributed by atoms with E-state index in [0.29, 0.717) is 18.3 Å². The van der Waals surface area contributed by atoms with Gasteiger partial charge in [-0.1, -0.05) is 46.8 Å². The lowest BCUT2D eigenvalue weighted by Crippen LogP contribution is -2.67. The molecule has 0 saturated heterocycles. The van der Waals surface area contributed by atoms with E-state index in [2.05, 4.69) is 50.7 Å². The van der Waals surface area contributed by atoms with Crippen molar-refractivity contribution in [2.24, 2.45) is 56.7 Å². The van der Waals surface area contributed by atoms with Gasteiger partial charge < -0.3 is 4.74 Å². The van der Waals surface area contributed by atoms with Crippen LogP contribution in [0.2, 0.25) is 0 Å². The van der Waals surface area contributed by atoms with Crippen LogP contribution < -0.4 is 0 Å². The molecular formula is C42H52N2O4. The van der Waals surface area contributed by atoms with Gasteiger partial charge in [0.1, 0.15) is 0 Å². The van der Waals surface area contributed by atoms with Gasteiger partial charge in [-0.2, -0.15) is 0 Å². The van der Waals surface area contributed by atoms with E-state index in [-0.39, 0.29) is 51.5 Å². The summed E-state index contributed by atoms with van der Waals surface area (Å²) in [7, 11) is 1.52. The van der Waals surface area contributed by atoms with Crippen molar-refractivity contribution in [3.63, 3.8) is 0 Å². The van der Waals surface area contributed by atoms with Crippen LogP contribution >= 0.6 is 0 Å². The normalized spacial score (nSPS) is 40.8. The smallest absolute Gasteiger partial charge is 0.312 e. The van der Waals surface area contributed by atoms with Crippen molar-refractivity contribution in [3.05, 3.63) is 71.8 Å². The van der Waals surface area contributed by atoms with Gasteiger partial charge >= 0.3 is 5.97 Å². The topological polar surface area (TPSA) is 86.2 Å². The first-order chi connectivity index (χ1) is 22.8. The highest BCUT2D eigenvalue weighted by Crippen LogP contribution is 2.77. The lowest BCUT2D eigenvalue weighted by atomic mass is 9.32. The fourth-order valence-corrected chi connectivity index (χ4v) is 12.9. The Balaban J connectivity index is 1.26. The maximum atomic E-state index is 14.1. The third-order valence-corrected chi connectivity index (χ3v) is 15.1. The van der Waals surface area contributed by atoms with Crippen molar-refractivity contribution >= 4 is 29.7 Å². The predicted octanol–water partition coefficient (Wildman–Crippen LogP) is 8.58. The Bertz CT molecular complexity index is 1660. The molecule has 0 unspecified atom stereocenters. The highest BCUT2D eigenvalue weighted by atomic mass is 16.5. The molecule has 0 aliphatic heterocycles. The van der Waals surface area contributed by atoms with Gasteiger partial charge in [0, 0.05) is 36.1 Å². The van der Waals surface area contributed by atoms with Crippen LogP contribution in [0.4, 0.5) is 0 Å². The molecule has 5 aliphatic carbocycles. The van der Waals surface area contributed by atoms with E-state index in [4.69, 9.17) is 4.74 Å². The standard InChI is InChI=1S/C42H52N2O4/c1-38(2)33-16-17-41(5)34(39(33,3)24-29(36(38)46)23-28-10-8-22-44-26-28)14-12-31-35-30(32(45)13-11-27-9-7-21-43-25-27)15-18-42(35,37(47)48-6)20-19-40(31,41)4/h7-11,13,21-23,25-26,30-31,33-35H,12,14-20,24H2,1-6H3/b13-11+,29-23-/t30-,31+,33-,34+,35+,39-,40+,41+,42-/m0/s1. The van der Waals surface area contributed by atoms with Crippen molar-refractivity contribution in [1.29, 1.82) is 0 Å². The lowest BCUT2D eigenvalue weighted by Gasteiger charge is -2.72. The number of methoxy groups -OCH3 is 1. The second-order valence-corrected chi connectivity index (χ2v) is 17.2. The zero-order valence-corrected chi connectivity index (χ0v) is 29.6. The number of allylic oxidation sites excluding steroid dienone is 2. The Hall–Kier alpha value is -3.41. The zero-order valence-electron chi connectivity index (χ0n) is 29.6. The van der Waals surface area contributed by atoms with Gasteiger partial charge in [-0.3, -0.25) is 24.4 Å². The third-order valence-electron chi connectivity index (χ3n) is 15.1. The van der Waals surface area contributed by atoms with E-state index in [1.807, 2.05) is 36.5 Å². The molecule has 0 N–H and O–H groups in total. The molecule has 5 saturated carbocycles. The van der Waals surface area contributed by atoms with E-state index < -0.39 is 10.8 Å². The summed E-state index contributed by atoms with van der Waals surface area (Å²) in [5, 5.41) is 0. The molecule has 0 aromatic carbocycles. The van der Waals surface area contributed by atoms with Gasteiger partial charge in [0.05, 0.1) is 12.5 Å². The highest BCUT2D eigenvalue weighted by Gasteiger charge is 2.72. The largest absolute Gasteiger partial charge is 0.469 e. The molecule has 0 amide bonds. The first kappa shape index (κ1) is 33.1. The van der Waals surface area contributed by atoms with E-state index in [9.17, 15) is 14.4 Å². The Labute approximate surface area is 286 Å². The second-order valence-electron chi connectivity index (χ2n) is 17.2. The Kier molecular flexibility index (Phi) is 7.99. The number of ketones is 2. The van der Waals surface area contributed by atoms with Crippen molar-refractivity contribution in [2.75, 3.05) is 7.11 Å². The minimum Gasteiger partial charge on any atom is -0.469 e. The maximum Gasteiger partial charge on any atom is 0.312 e. The zero-order chi connectivity index (χ0) is 34.1. The van der Waals surface area contributed by atoms with E-state index in [1.165, 1.54) is 7.11 Å². The maximum absolute atomic E-state index is 14.1. The molecule has 9 atom stereocenters. The van der Waals surface area contributed by atoms with Crippen LogP contribution in [0.15, 0.2) is 60.7 Å². The van der Waals surface area contributed by atoms with Crippen LogP contribution in [-0.4, -0.2) is 34.6 Å². The molecule has 6 heteroatoms. The number of carbonyl (C=O) groups excluding carboxylic acids is 3. The van der Waals surface area contributed by atoms with E-state index in [0.717, 1.165) is 68.1 Å². The second kappa shape index (κ2) is 11.6. The summed E-state index contributed by atoms with van der Waals surface area (Å²) in [6.45, 7) is 11.9. The molecule has 0 radical (unpaired) electrons. The summed E-state index contributed by atoms with van der Waals surface area (Å²) in [6.07, 6.45) is 20.9. The minimum absolute atomic E-state index is 0.0149. The quantitative estimate of drug-likeness (QED) is 0.239. The van der Waals surface area contributed by atoms with Gasteiger partial charge in [0.15, 0.2) is 11.6 Å². The lowest BCUT2D eigenvalue weighted by molar-refractivity contribution is -0.232. The molecule has 2 aromatic rings. The van der Waals surface area contributed by atoms with Gasteiger partial charge in [0.2, 0.25) is 0 Å². The number of hydrogen-bond donors (Lipinski definition) is 0. The number of nitrogens with zero attached hydrogens (tertiary/aromatic N) is 2. The van der Waals surface area contributed by atoms with E-state index >= 15 is 0 Å². The first-order valence-electron chi connectivity index (χ1n) is 18.2. The number of fused-ring (bicyclic) bond motifs is 7. The number of aromatic nitrogens is 2. The van der Waals surface area contributed by atoms with Crippen molar-refractivity contribution in [2.45, 2.75) is 92.4 Å². The fraction of sp³-hybridized carbons (Fsp3) is 0.595. The summed E-state index contributed by atoms with van der Waals surface area (Å²) >= 11 is 0. The van der Waals surface area contributed by atoms with Crippen LogP contribution in [0.5, 0.6) is 0 Å². The number of hydrogen-bond acceptors (Lipinski definition) is 6. The number of carbonyl (C=O) groups is 3. The Morgan fingerprint density at radius 2 is 1.54 bits per heavy atom. The molecule has 5 fully saturated rings. The monoisotopic (exact) mass is 648 g/mol. The van der Waals surface area contributed by atoms with Crippen LogP contribution in [-0.2, 0) is 19.1 Å². The molecular weight excluding hydrogens is 596 g/mol. The highest BCUT2D eigenvalue weighted by molar-refractivity contribution is 6.04. The molecule has 2 heterocycles. The Morgan fingerprint density at radius 1 is 0.833 bits per heavy atom. The summed E-state index contributed by atoms with van der Waals surface area (Å²) < 4.78 is 5.56. The number of rotatable bonds is 5. The van der Waals surface area contributed by atoms with Crippen LogP contribution in [0.3, 0.4) is 0 Å². The molecule has 48 heavy (non-hydrogen) atoms. The van der Waals surface area contributed by atoms with Gasteiger partial charge in [-0.05, 0) is 145 Å². The average Bonchev–Trinajstić information content (AvgIpc) is 3.48.